The van der Waals surface area contributed by atoms with E-state index in [-0.39, 0.29) is 5.91 Å². The van der Waals surface area contributed by atoms with Crippen LogP contribution in [0.4, 0.5) is 5.69 Å². The minimum Gasteiger partial charge on any atom is -0.481 e. The summed E-state index contributed by atoms with van der Waals surface area (Å²) in [5, 5.41) is 11.7. The largest absolute Gasteiger partial charge is 0.481 e. The van der Waals surface area contributed by atoms with E-state index in [4.69, 9.17) is 5.11 Å². The summed E-state index contributed by atoms with van der Waals surface area (Å²) in [6, 6.07) is 7.21. The number of nitrogens with zero attached hydrogens (tertiary/aromatic N) is 1. The number of carbonyl (C=O) groups excluding carboxylic acids is 1. The number of carbonyl (C=O) groups is 2. The molecule has 0 fully saturated rings. The molecule has 110 valence electrons. The molecule has 2 rings (SSSR count). The monoisotopic (exact) mass is 304 g/mol. The zero-order chi connectivity index (χ0) is 15.4. The lowest BCUT2D eigenvalue weighted by atomic mass is 10.0. The first-order valence-electron chi connectivity index (χ1n) is 6.50. The van der Waals surface area contributed by atoms with Crippen LogP contribution >= 0.6 is 11.3 Å². The fourth-order valence-corrected chi connectivity index (χ4v) is 2.57. The molecule has 0 saturated carbocycles. The highest BCUT2D eigenvalue weighted by atomic mass is 32.1. The molecule has 0 bridgehead atoms. The van der Waals surface area contributed by atoms with E-state index in [9.17, 15) is 9.59 Å². The van der Waals surface area contributed by atoms with Crippen molar-refractivity contribution in [3.8, 4) is 0 Å². The molecule has 1 aromatic heterocycles. The van der Waals surface area contributed by atoms with Crippen molar-refractivity contribution in [1.82, 2.24) is 4.98 Å². The Morgan fingerprint density at radius 2 is 2.00 bits per heavy atom. The summed E-state index contributed by atoms with van der Waals surface area (Å²) < 4.78 is 0. The van der Waals surface area contributed by atoms with Gasteiger partial charge in [-0.15, -0.1) is 11.3 Å². The van der Waals surface area contributed by atoms with Crippen LogP contribution < -0.4 is 5.32 Å². The van der Waals surface area contributed by atoms with Gasteiger partial charge in [-0.3, -0.25) is 9.59 Å². The topological polar surface area (TPSA) is 79.3 Å². The van der Waals surface area contributed by atoms with E-state index < -0.39 is 11.9 Å². The number of nitrogens with one attached hydrogen (secondary N) is 1. The number of aromatic nitrogens is 1. The van der Waals surface area contributed by atoms with Gasteiger partial charge < -0.3 is 10.4 Å². The Kier molecular flexibility index (Phi) is 4.70. The predicted octanol–water partition coefficient (Wildman–Crippen LogP) is 2.97. The summed E-state index contributed by atoms with van der Waals surface area (Å²) in [4.78, 5) is 27.5. The second-order valence-electron chi connectivity index (χ2n) is 4.86. The summed E-state index contributed by atoms with van der Waals surface area (Å²) in [6.07, 6.45) is 0.470. The molecule has 2 aromatic rings. The number of anilines is 1. The molecule has 0 saturated heterocycles. The molecular formula is C15H16N2O3S. The van der Waals surface area contributed by atoms with Crippen molar-refractivity contribution >= 4 is 28.9 Å². The molecule has 1 atom stereocenters. The van der Waals surface area contributed by atoms with E-state index >= 15 is 0 Å². The summed E-state index contributed by atoms with van der Waals surface area (Å²) in [5.74, 6) is -1.42. The average Bonchev–Trinajstić information content (AvgIpc) is 2.87. The molecule has 0 aliphatic carbocycles. The zero-order valence-electron chi connectivity index (χ0n) is 11.8. The summed E-state index contributed by atoms with van der Waals surface area (Å²) in [7, 11) is 0. The van der Waals surface area contributed by atoms with Gasteiger partial charge in [-0.2, -0.15) is 0 Å². The molecule has 0 aliphatic heterocycles. The van der Waals surface area contributed by atoms with Gasteiger partial charge in [-0.1, -0.05) is 19.1 Å². The SMILES string of the molecule is Cc1ncsc1C(=O)Nc1ccc(CC(C)C(=O)O)cc1. The molecular weight excluding hydrogens is 288 g/mol. The lowest BCUT2D eigenvalue weighted by Gasteiger charge is -2.08. The Bertz CT molecular complexity index is 649. The maximum atomic E-state index is 12.0. The highest BCUT2D eigenvalue weighted by Gasteiger charge is 2.13. The predicted molar refractivity (Wildman–Crippen MR) is 81.8 cm³/mol. The van der Waals surface area contributed by atoms with E-state index in [2.05, 4.69) is 10.3 Å². The van der Waals surface area contributed by atoms with Crippen LogP contribution in [0.5, 0.6) is 0 Å². The minimum atomic E-state index is -0.812. The number of benzene rings is 1. The van der Waals surface area contributed by atoms with Crippen LogP contribution in [0.1, 0.15) is 27.9 Å². The van der Waals surface area contributed by atoms with E-state index in [0.29, 0.717) is 22.7 Å². The smallest absolute Gasteiger partial charge is 0.306 e. The van der Waals surface area contributed by atoms with Gasteiger partial charge in [-0.25, -0.2) is 4.98 Å². The number of hydrogen-bond acceptors (Lipinski definition) is 4. The van der Waals surface area contributed by atoms with Gasteiger partial charge in [0.25, 0.3) is 5.91 Å². The Morgan fingerprint density at radius 3 is 2.52 bits per heavy atom. The second-order valence-corrected chi connectivity index (χ2v) is 5.72. The van der Waals surface area contributed by atoms with Crippen LogP contribution in [-0.2, 0) is 11.2 Å². The number of carboxylic acid groups (broad SMARTS) is 1. The molecule has 5 nitrogen and oxygen atoms in total. The molecule has 6 heteroatoms. The maximum Gasteiger partial charge on any atom is 0.306 e. The Balaban J connectivity index is 2.01. The lowest BCUT2D eigenvalue weighted by molar-refractivity contribution is -0.141. The molecule has 1 amide bonds. The van der Waals surface area contributed by atoms with Crippen LogP contribution in [0.25, 0.3) is 0 Å². The lowest BCUT2D eigenvalue weighted by Crippen LogP contribution is -2.13. The molecule has 21 heavy (non-hydrogen) atoms. The zero-order valence-corrected chi connectivity index (χ0v) is 12.6. The van der Waals surface area contributed by atoms with E-state index in [1.807, 2.05) is 12.1 Å². The van der Waals surface area contributed by atoms with E-state index in [1.54, 1.807) is 31.5 Å². The van der Waals surface area contributed by atoms with E-state index in [0.717, 1.165) is 5.56 Å². The van der Waals surface area contributed by atoms with Crippen LogP contribution in [0.3, 0.4) is 0 Å². The van der Waals surface area contributed by atoms with Gasteiger partial charge in [0.2, 0.25) is 0 Å². The van der Waals surface area contributed by atoms with Crippen molar-refractivity contribution in [2.45, 2.75) is 20.3 Å². The quantitative estimate of drug-likeness (QED) is 0.890. The van der Waals surface area contributed by atoms with Crippen molar-refractivity contribution in [3.05, 3.63) is 45.9 Å². The maximum absolute atomic E-state index is 12.0. The van der Waals surface area contributed by atoms with Gasteiger partial charge in [0.1, 0.15) is 4.88 Å². The highest BCUT2D eigenvalue weighted by Crippen LogP contribution is 2.17. The Labute approximate surface area is 126 Å². The third-order valence-electron chi connectivity index (χ3n) is 3.13. The summed E-state index contributed by atoms with van der Waals surface area (Å²) in [6.45, 7) is 3.46. The van der Waals surface area contributed by atoms with Crippen molar-refractivity contribution in [3.63, 3.8) is 0 Å². The number of aliphatic carboxylic acids is 1. The van der Waals surface area contributed by atoms with Crippen molar-refractivity contribution < 1.29 is 14.7 Å². The van der Waals surface area contributed by atoms with Crippen LogP contribution in [-0.4, -0.2) is 22.0 Å². The standard InChI is InChI=1S/C15H16N2O3S/c1-9(15(19)20)7-11-3-5-12(6-4-11)17-14(18)13-10(2)16-8-21-13/h3-6,8-9H,7H2,1-2H3,(H,17,18)(H,19,20). The molecule has 2 N–H and O–H groups in total. The van der Waals surface area contributed by atoms with Crippen molar-refractivity contribution in [2.24, 2.45) is 5.92 Å². The first kappa shape index (κ1) is 15.2. The van der Waals surface area contributed by atoms with Gasteiger partial charge in [0.15, 0.2) is 0 Å². The van der Waals surface area contributed by atoms with E-state index in [1.165, 1.54) is 11.3 Å². The molecule has 0 spiro atoms. The Morgan fingerprint density at radius 1 is 1.33 bits per heavy atom. The first-order chi connectivity index (χ1) is 9.97. The van der Waals surface area contributed by atoms with Crippen LogP contribution in [0, 0.1) is 12.8 Å². The van der Waals surface area contributed by atoms with Crippen LogP contribution in [0.15, 0.2) is 29.8 Å². The number of thiazole rings is 1. The number of hydrogen-bond donors (Lipinski definition) is 2. The molecule has 1 unspecified atom stereocenters. The van der Waals surface area contributed by atoms with Gasteiger partial charge in [-0.05, 0) is 31.0 Å². The average molecular weight is 304 g/mol. The second kappa shape index (κ2) is 6.49. The third-order valence-corrected chi connectivity index (χ3v) is 4.05. The highest BCUT2D eigenvalue weighted by molar-refractivity contribution is 7.12. The minimum absolute atomic E-state index is 0.179. The molecule has 0 radical (unpaired) electrons. The molecule has 1 heterocycles. The number of rotatable bonds is 5. The summed E-state index contributed by atoms with van der Waals surface area (Å²) >= 11 is 1.30. The number of amides is 1. The van der Waals surface area contributed by atoms with Gasteiger partial charge in [0, 0.05) is 5.69 Å². The molecule has 1 aromatic carbocycles. The van der Waals surface area contributed by atoms with Crippen molar-refractivity contribution in [2.75, 3.05) is 5.32 Å². The fourth-order valence-electron chi connectivity index (χ4n) is 1.87. The normalized spacial score (nSPS) is 11.9. The fraction of sp³-hybridized carbons (Fsp3) is 0.267. The summed E-state index contributed by atoms with van der Waals surface area (Å²) in [5.41, 5.74) is 3.96. The first-order valence-corrected chi connectivity index (χ1v) is 7.38. The third kappa shape index (κ3) is 3.88. The van der Waals surface area contributed by atoms with Crippen molar-refractivity contribution in [1.29, 1.82) is 0 Å². The number of aryl methyl sites for hydroxylation is 1. The van der Waals surface area contributed by atoms with Gasteiger partial charge in [0.05, 0.1) is 17.1 Å². The van der Waals surface area contributed by atoms with Gasteiger partial charge >= 0.3 is 5.97 Å². The Hall–Kier alpha value is -2.21. The number of carboxylic acids is 1. The van der Waals surface area contributed by atoms with Crippen LogP contribution in [0.2, 0.25) is 0 Å². The molecule has 0 aliphatic rings.